The molecule has 2 aliphatic heterocycles. The summed E-state index contributed by atoms with van der Waals surface area (Å²) in [6.45, 7) is 3.09. The number of amides is 1. The van der Waals surface area contributed by atoms with Crippen LogP contribution in [0.3, 0.4) is 0 Å². The molecule has 4 heteroatoms. The molecule has 23 heavy (non-hydrogen) atoms. The van der Waals surface area contributed by atoms with Gasteiger partial charge >= 0.3 is 0 Å². The highest BCUT2D eigenvalue weighted by Gasteiger charge is 2.48. The highest BCUT2D eigenvalue weighted by molar-refractivity contribution is 5.89. The van der Waals surface area contributed by atoms with Crippen LogP contribution in [0, 0.1) is 5.92 Å². The molecule has 2 saturated heterocycles. The highest BCUT2D eigenvalue weighted by Crippen LogP contribution is 2.45. The summed E-state index contributed by atoms with van der Waals surface area (Å²) in [7, 11) is 0. The first-order chi connectivity index (χ1) is 11.3. The fourth-order valence-electron chi connectivity index (χ4n) is 4.24. The minimum atomic E-state index is -0.256. The van der Waals surface area contributed by atoms with E-state index in [0.29, 0.717) is 25.0 Å². The number of carbonyl (C=O) groups is 1. The molecule has 2 heterocycles. The van der Waals surface area contributed by atoms with Crippen LogP contribution in [0.15, 0.2) is 30.3 Å². The molecule has 3 aliphatic rings. The van der Waals surface area contributed by atoms with Crippen LogP contribution < -0.4 is 0 Å². The standard InChI is InChI=1S/C19H25NO3/c21-18(19(9-4-10-19)16-5-2-1-3-6-16)20-11-7-15(8-12-20)17-22-13-14-23-17/h1-3,5-6,15,17H,4,7-14H2. The Morgan fingerprint density at radius 2 is 1.70 bits per heavy atom. The topological polar surface area (TPSA) is 38.8 Å². The Morgan fingerprint density at radius 1 is 1.04 bits per heavy atom. The summed E-state index contributed by atoms with van der Waals surface area (Å²) in [5.41, 5.74) is 0.940. The minimum Gasteiger partial charge on any atom is -0.350 e. The summed E-state index contributed by atoms with van der Waals surface area (Å²) < 4.78 is 11.3. The molecule has 4 rings (SSSR count). The number of likely N-dealkylation sites (tertiary alicyclic amines) is 1. The SMILES string of the molecule is O=C(N1CCC(C2OCCO2)CC1)C1(c2ccccc2)CCC1. The van der Waals surface area contributed by atoms with E-state index in [-0.39, 0.29) is 11.7 Å². The molecule has 1 aromatic carbocycles. The molecule has 0 aromatic heterocycles. The van der Waals surface area contributed by atoms with E-state index in [1.165, 1.54) is 5.56 Å². The molecule has 1 amide bonds. The molecule has 124 valence electrons. The molecule has 0 unspecified atom stereocenters. The Kier molecular flexibility index (Phi) is 4.12. The first-order valence-corrected chi connectivity index (χ1v) is 8.88. The summed E-state index contributed by atoms with van der Waals surface area (Å²) >= 11 is 0. The Hall–Kier alpha value is -1.39. The average molecular weight is 315 g/mol. The second-order valence-corrected chi connectivity index (χ2v) is 7.04. The van der Waals surface area contributed by atoms with Crippen molar-refractivity contribution in [2.24, 2.45) is 5.92 Å². The fraction of sp³-hybridized carbons (Fsp3) is 0.632. The molecule has 0 N–H and O–H groups in total. The van der Waals surface area contributed by atoms with E-state index in [1.807, 2.05) is 18.2 Å². The predicted octanol–water partition coefficient (Wildman–Crippen LogP) is 2.72. The molecule has 3 fully saturated rings. The lowest BCUT2D eigenvalue weighted by Crippen LogP contribution is -2.53. The Morgan fingerprint density at radius 3 is 2.26 bits per heavy atom. The summed E-state index contributed by atoms with van der Waals surface area (Å²) in [6, 6.07) is 10.3. The Bertz CT molecular complexity index is 541. The lowest BCUT2D eigenvalue weighted by Gasteiger charge is -2.46. The second-order valence-electron chi connectivity index (χ2n) is 7.04. The van der Waals surface area contributed by atoms with Gasteiger partial charge in [-0.15, -0.1) is 0 Å². The molecule has 1 aliphatic carbocycles. The van der Waals surface area contributed by atoms with Crippen LogP contribution in [0.2, 0.25) is 0 Å². The van der Waals surface area contributed by atoms with E-state index in [9.17, 15) is 4.79 Å². The average Bonchev–Trinajstić information content (AvgIpc) is 3.09. The molecule has 0 atom stereocenters. The maximum Gasteiger partial charge on any atom is 0.233 e. The van der Waals surface area contributed by atoms with Gasteiger partial charge in [0.05, 0.1) is 18.6 Å². The molecule has 1 saturated carbocycles. The van der Waals surface area contributed by atoms with Crippen LogP contribution in [0.4, 0.5) is 0 Å². The van der Waals surface area contributed by atoms with Gasteiger partial charge in [-0.2, -0.15) is 0 Å². The fourth-order valence-corrected chi connectivity index (χ4v) is 4.24. The highest BCUT2D eigenvalue weighted by atomic mass is 16.7. The van der Waals surface area contributed by atoms with Gasteiger partial charge in [0, 0.05) is 19.0 Å². The summed E-state index contributed by atoms with van der Waals surface area (Å²) in [6.07, 6.45) is 5.07. The van der Waals surface area contributed by atoms with Crippen molar-refractivity contribution in [2.75, 3.05) is 26.3 Å². The summed E-state index contributed by atoms with van der Waals surface area (Å²) in [5, 5.41) is 0. The van der Waals surface area contributed by atoms with Crippen molar-refractivity contribution < 1.29 is 14.3 Å². The van der Waals surface area contributed by atoms with Crippen molar-refractivity contribution in [3.63, 3.8) is 0 Å². The van der Waals surface area contributed by atoms with E-state index in [0.717, 1.165) is 45.2 Å². The maximum absolute atomic E-state index is 13.2. The van der Waals surface area contributed by atoms with Crippen molar-refractivity contribution in [1.29, 1.82) is 0 Å². The van der Waals surface area contributed by atoms with Crippen LogP contribution in [0.5, 0.6) is 0 Å². The van der Waals surface area contributed by atoms with Crippen LogP contribution in [0.25, 0.3) is 0 Å². The molecule has 0 radical (unpaired) electrons. The molecule has 1 aromatic rings. The van der Waals surface area contributed by atoms with Crippen molar-refractivity contribution in [3.05, 3.63) is 35.9 Å². The molecule has 4 nitrogen and oxygen atoms in total. The minimum absolute atomic E-state index is 0.0426. The number of benzene rings is 1. The van der Waals surface area contributed by atoms with Gasteiger partial charge < -0.3 is 14.4 Å². The number of hydrogen-bond donors (Lipinski definition) is 0. The smallest absolute Gasteiger partial charge is 0.233 e. The number of carbonyl (C=O) groups excluding carboxylic acids is 1. The third-order valence-electron chi connectivity index (χ3n) is 5.80. The van der Waals surface area contributed by atoms with Gasteiger partial charge in [-0.05, 0) is 31.2 Å². The van der Waals surface area contributed by atoms with Gasteiger partial charge in [-0.25, -0.2) is 0 Å². The van der Waals surface area contributed by atoms with Crippen LogP contribution in [-0.2, 0) is 19.7 Å². The van der Waals surface area contributed by atoms with E-state index < -0.39 is 0 Å². The van der Waals surface area contributed by atoms with E-state index in [2.05, 4.69) is 17.0 Å². The number of rotatable bonds is 3. The van der Waals surface area contributed by atoms with Gasteiger partial charge in [-0.1, -0.05) is 36.8 Å². The van der Waals surface area contributed by atoms with Gasteiger partial charge in [0.2, 0.25) is 5.91 Å². The van der Waals surface area contributed by atoms with Gasteiger partial charge in [-0.3, -0.25) is 4.79 Å². The first kappa shape index (κ1) is 15.2. The normalized spacial score (nSPS) is 25.3. The number of nitrogens with zero attached hydrogens (tertiary/aromatic N) is 1. The quantitative estimate of drug-likeness (QED) is 0.861. The van der Waals surface area contributed by atoms with E-state index in [4.69, 9.17) is 9.47 Å². The molecule has 0 spiro atoms. The third-order valence-corrected chi connectivity index (χ3v) is 5.80. The maximum atomic E-state index is 13.2. The Balaban J connectivity index is 1.43. The zero-order valence-electron chi connectivity index (χ0n) is 13.6. The summed E-state index contributed by atoms with van der Waals surface area (Å²) in [4.78, 5) is 15.3. The Labute approximate surface area is 137 Å². The van der Waals surface area contributed by atoms with Crippen molar-refractivity contribution in [2.45, 2.75) is 43.8 Å². The van der Waals surface area contributed by atoms with Gasteiger partial charge in [0.15, 0.2) is 6.29 Å². The van der Waals surface area contributed by atoms with Crippen molar-refractivity contribution in [3.8, 4) is 0 Å². The first-order valence-electron chi connectivity index (χ1n) is 8.88. The molecule has 0 bridgehead atoms. The molecular weight excluding hydrogens is 290 g/mol. The van der Waals surface area contributed by atoms with E-state index >= 15 is 0 Å². The largest absolute Gasteiger partial charge is 0.350 e. The zero-order valence-corrected chi connectivity index (χ0v) is 13.6. The van der Waals surface area contributed by atoms with Crippen molar-refractivity contribution >= 4 is 5.91 Å². The van der Waals surface area contributed by atoms with Crippen LogP contribution in [-0.4, -0.2) is 43.4 Å². The lowest BCUT2D eigenvalue weighted by atomic mass is 9.63. The second kappa shape index (κ2) is 6.25. The van der Waals surface area contributed by atoms with Crippen LogP contribution >= 0.6 is 0 Å². The predicted molar refractivity (Wildman–Crippen MR) is 87.0 cm³/mol. The van der Waals surface area contributed by atoms with E-state index in [1.54, 1.807) is 0 Å². The zero-order chi connectivity index (χ0) is 15.7. The van der Waals surface area contributed by atoms with Crippen LogP contribution in [0.1, 0.15) is 37.7 Å². The summed E-state index contributed by atoms with van der Waals surface area (Å²) in [5.74, 6) is 0.775. The number of ether oxygens (including phenoxy) is 2. The number of hydrogen-bond acceptors (Lipinski definition) is 3. The van der Waals surface area contributed by atoms with Gasteiger partial charge in [0.25, 0.3) is 0 Å². The molecular formula is C19H25NO3. The third kappa shape index (κ3) is 2.68. The van der Waals surface area contributed by atoms with Crippen molar-refractivity contribution in [1.82, 2.24) is 4.90 Å². The lowest BCUT2D eigenvalue weighted by molar-refractivity contribution is -0.146. The number of piperidine rings is 1. The van der Waals surface area contributed by atoms with Gasteiger partial charge in [0.1, 0.15) is 0 Å². The monoisotopic (exact) mass is 315 g/mol.